The Morgan fingerprint density at radius 3 is 2.56 bits per heavy atom. The van der Waals surface area contributed by atoms with Crippen molar-refractivity contribution in [1.29, 1.82) is 0 Å². The molecule has 0 atom stereocenters. The minimum Gasteiger partial charge on any atom is -0.497 e. The van der Waals surface area contributed by atoms with Gasteiger partial charge in [-0.15, -0.1) is 0 Å². The van der Waals surface area contributed by atoms with Gasteiger partial charge in [0.1, 0.15) is 11.5 Å². The average Bonchev–Trinajstić information content (AvgIpc) is 3.08. The first kappa shape index (κ1) is 19.0. The first-order chi connectivity index (χ1) is 13.0. The number of nitrogens with one attached hydrogen (secondary N) is 1. The van der Waals surface area contributed by atoms with E-state index in [0.717, 1.165) is 10.6 Å². The largest absolute Gasteiger partial charge is 0.497 e. The summed E-state index contributed by atoms with van der Waals surface area (Å²) in [5.74, 6) is 1.02. The van der Waals surface area contributed by atoms with Crippen molar-refractivity contribution < 1.29 is 23.8 Å². The predicted molar refractivity (Wildman–Crippen MR) is 101 cm³/mol. The third kappa shape index (κ3) is 4.30. The smallest absolute Gasteiger partial charge is 0.413 e. The normalized spacial score (nSPS) is 12.9. The van der Waals surface area contributed by atoms with E-state index in [-0.39, 0.29) is 5.91 Å². The van der Waals surface area contributed by atoms with Gasteiger partial charge in [-0.2, -0.15) is 0 Å². The second-order valence-electron chi connectivity index (χ2n) is 5.81. The molecule has 0 saturated carbocycles. The van der Waals surface area contributed by atoms with Gasteiger partial charge in [-0.1, -0.05) is 11.3 Å². The monoisotopic (exact) mass is 391 g/mol. The summed E-state index contributed by atoms with van der Waals surface area (Å²) < 4.78 is 15.3. The summed E-state index contributed by atoms with van der Waals surface area (Å²) in [6, 6.07) is 5.11. The molecule has 0 spiro atoms. The zero-order chi connectivity index (χ0) is 19.4. The Hall–Kier alpha value is -2.81. The molecule has 3 rings (SSSR count). The topological polar surface area (TPSA) is 90.0 Å². The van der Waals surface area contributed by atoms with E-state index < -0.39 is 6.09 Å². The molecular formula is C18H21N3O5S. The molecule has 1 N–H and O–H groups in total. The molecule has 27 heavy (non-hydrogen) atoms. The Bertz CT molecular complexity index is 829. The SMILES string of the molecule is CCOC(=O)Nc1nc2c(s1)CN(C(=O)c1cc(OC)cc(OC)c1)CC2. The average molecular weight is 391 g/mol. The molecule has 2 amide bonds. The van der Waals surface area contributed by atoms with Gasteiger partial charge in [0, 0.05) is 29.5 Å². The standard InChI is InChI=1S/C18H21N3O5S/c1-4-26-18(23)20-17-19-14-5-6-21(10-15(14)27-17)16(22)11-7-12(24-2)9-13(8-11)25-3/h7-9H,4-6,10H2,1-3H3,(H,19,20,23). The lowest BCUT2D eigenvalue weighted by Crippen LogP contribution is -2.35. The number of fused-ring (bicyclic) bond motifs is 1. The lowest BCUT2D eigenvalue weighted by atomic mass is 10.1. The van der Waals surface area contributed by atoms with Crippen LogP contribution < -0.4 is 14.8 Å². The maximum Gasteiger partial charge on any atom is 0.413 e. The second-order valence-corrected chi connectivity index (χ2v) is 6.90. The number of hydrogen-bond donors (Lipinski definition) is 1. The third-order valence-corrected chi connectivity index (χ3v) is 5.10. The molecule has 9 heteroatoms. The van der Waals surface area contributed by atoms with Crippen LogP contribution in [0.15, 0.2) is 18.2 Å². The highest BCUT2D eigenvalue weighted by atomic mass is 32.1. The molecule has 0 bridgehead atoms. The minimum atomic E-state index is -0.528. The fourth-order valence-corrected chi connectivity index (χ4v) is 3.80. The minimum absolute atomic E-state index is 0.105. The van der Waals surface area contributed by atoms with Crippen molar-refractivity contribution in [3.05, 3.63) is 34.3 Å². The number of amides is 2. The molecule has 8 nitrogen and oxygen atoms in total. The quantitative estimate of drug-likeness (QED) is 0.843. The number of benzene rings is 1. The summed E-state index contributed by atoms with van der Waals surface area (Å²) in [6.45, 7) is 3.02. The number of carbonyl (C=O) groups is 2. The molecule has 2 heterocycles. The molecular weight excluding hydrogens is 370 g/mol. The molecule has 0 aliphatic carbocycles. The maximum absolute atomic E-state index is 12.9. The summed E-state index contributed by atoms with van der Waals surface area (Å²) in [4.78, 5) is 31.6. The van der Waals surface area contributed by atoms with E-state index in [0.29, 0.717) is 48.3 Å². The molecule has 0 fully saturated rings. The molecule has 2 aromatic rings. The molecule has 0 saturated heterocycles. The van der Waals surface area contributed by atoms with Crippen molar-refractivity contribution in [2.24, 2.45) is 0 Å². The first-order valence-corrected chi connectivity index (χ1v) is 9.30. The molecule has 1 aromatic heterocycles. The molecule has 144 valence electrons. The van der Waals surface area contributed by atoms with E-state index in [1.54, 1.807) is 44.2 Å². The highest BCUT2D eigenvalue weighted by Gasteiger charge is 2.26. The van der Waals surface area contributed by atoms with Gasteiger partial charge >= 0.3 is 6.09 Å². The zero-order valence-electron chi connectivity index (χ0n) is 15.4. The number of anilines is 1. The molecule has 1 aliphatic heterocycles. The van der Waals surface area contributed by atoms with Crippen LogP contribution >= 0.6 is 11.3 Å². The molecule has 1 aromatic carbocycles. The van der Waals surface area contributed by atoms with Gasteiger partial charge in [0.2, 0.25) is 0 Å². The second kappa shape index (κ2) is 8.26. The Morgan fingerprint density at radius 2 is 1.93 bits per heavy atom. The van der Waals surface area contributed by atoms with Crippen molar-refractivity contribution in [3.8, 4) is 11.5 Å². The van der Waals surface area contributed by atoms with E-state index in [9.17, 15) is 9.59 Å². The van der Waals surface area contributed by atoms with E-state index in [2.05, 4.69) is 10.3 Å². The summed E-state index contributed by atoms with van der Waals surface area (Å²) >= 11 is 1.35. The van der Waals surface area contributed by atoms with E-state index in [1.807, 2.05) is 0 Å². The number of aromatic nitrogens is 1. The van der Waals surface area contributed by atoms with Gasteiger partial charge < -0.3 is 19.1 Å². The number of thiazole rings is 1. The van der Waals surface area contributed by atoms with E-state index >= 15 is 0 Å². The first-order valence-electron chi connectivity index (χ1n) is 8.48. The van der Waals surface area contributed by atoms with Crippen molar-refractivity contribution in [1.82, 2.24) is 9.88 Å². The number of ether oxygens (including phenoxy) is 3. The Labute approximate surface area is 161 Å². The Kier molecular flexibility index (Phi) is 5.80. The van der Waals surface area contributed by atoms with Crippen LogP contribution in [0, 0.1) is 0 Å². The summed E-state index contributed by atoms with van der Waals surface area (Å²) in [7, 11) is 3.09. The van der Waals surface area contributed by atoms with Gasteiger partial charge in [-0.3, -0.25) is 10.1 Å². The van der Waals surface area contributed by atoms with Crippen LogP contribution in [0.25, 0.3) is 0 Å². The fraction of sp³-hybridized carbons (Fsp3) is 0.389. The highest BCUT2D eigenvalue weighted by molar-refractivity contribution is 7.15. The highest BCUT2D eigenvalue weighted by Crippen LogP contribution is 2.30. The molecule has 1 aliphatic rings. The van der Waals surface area contributed by atoms with Crippen LogP contribution in [-0.4, -0.2) is 49.3 Å². The van der Waals surface area contributed by atoms with Crippen molar-refractivity contribution >= 4 is 28.5 Å². The van der Waals surface area contributed by atoms with Crippen LogP contribution in [0.2, 0.25) is 0 Å². The summed E-state index contributed by atoms with van der Waals surface area (Å²) in [5.41, 5.74) is 1.41. The van der Waals surface area contributed by atoms with Crippen LogP contribution in [0.5, 0.6) is 11.5 Å². The third-order valence-electron chi connectivity index (χ3n) is 4.10. The number of methoxy groups -OCH3 is 2. The number of carbonyl (C=O) groups excluding carboxylic acids is 2. The maximum atomic E-state index is 12.9. The van der Waals surface area contributed by atoms with Crippen LogP contribution in [0.3, 0.4) is 0 Å². The number of nitrogens with zero attached hydrogens (tertiary/aromatic N) is 2. The lowest BCUT2D eigenvalue weighted by molar-refractivity contribution is 0.0735. The van der Waals surface area contributed by atoms with E-state index in [4.69, 9.17) is 14.2 Å². The summed E-state index contributed by atoms with van der Waals surface area (Å²) in [5, 5.41) is 3.10. The Balaban J connectivity index is 1.75. The van der Waals surface area contributed by atoms with E-state index in [1.165, 1.54) is 11.3 Å². The molecule has 0 unspecified atom stereocenters. The zero-order valence-corrected chi connectivity index (χ0v) is 16.2. The van der Waals surface area contributed by atoms with Crippen LogP contribution in [0.4, 0.5) is 9.93 Å². The lowest BCUT2D eigenvalue weighted by Gasteiger charge is -2.26. The fourth-order valence-electron chi connectivity index (χ4n) is 2.79. The van der Waals surface area contributed by atoms with Gasteiger partial charge in [-0.25, -0.2) is 9.78 Å². The predicted octanol–water partition coefficient (Wildman–Crippen LogP) is 2.93. The Morgan fingerprint density at radius 1 is 1.22 bits per heavy atom. The number of rotatable bonds is 5. The summed E-state index contributed by atoms with van der Waals surface area (Å²) in [6.07, 6.45) is 0.100. The van der Waals surface area contributed by atoms with Gasteiger partial charge in [0.15, 0.2) is 5.13 Å². The molecule has 0 radical (unpaired) electrons. The number of hydrogen-bond acceptors (Lipinski definition) is 7. The van der Waals surface area contributed by atoms with Gasteiger partial charge in [-0.05, 0) is 19.1 Å². The van der Waals surface area contributed by atoms with Gasteiger partial charge in [0.05, 0.1) is 33.1 Å². The van der Waals surface area contributed by atoms with Crippen LogP contribution in [0.1, 0.15) is 27.9 Å². The van der Waals surface area contributed by atoms with Crippen molar-refractivity contribution in [2.75, 3.05) is 32.7 Å². The van der Waals surface area contributed by atoms with Crippen molar-refractivity contribution in [2.45, 2.75) is 19.9 Å². The van der Waals surface area contributed by atoms with Crippen molar-refractivity contribution in [3.63, 3.8) is 0 Å². The van der Waals surface area contributed by atoms with Gasteiger partial charge in [0.25, 0.3) is 5.91 Å². The van der Waals surface area contributed by atoms with Crippen LogP contribution in [-0.2, 0) is 17.7 Å².